The molecule has 3 rings (SSSR count). The molecule has 1 N–H and O–H groups in total. The van der Waals surface area contributed by atoms with Gasteiger partial charge in [0.1, 0.15) is 0 Å². The van der Waals surface area contributed by atoms with Gasteiger partial charge in [0.2, 0.25) is 0 Å². The summed E-state index contributed by atoms with van der Waals surface area (Å²) in [5.41, 5.74) is 1.69. The van der Waals surface area contributed by atoms with E-state index in [4.69, 9.17) is 0 Å². The highest BCUT2D eigenvalue weighted by Crippen LogP contribution is 2.31. The van der Waals surface area contributed by atoms with Crippen LogP contribution in [0.3, 0.4) is 0 Å². The van der Waals surface area contributed by atoms with Crippen molar-refractivity contribution in [2.24, 2.45) is 0 Å². The molecule has 2 atom stereocenters. The zero-order valence-electron chi connectivity index (χ0n) is 11.5. The minimum absolute atomic E-state index is 0.245. The third-order valence-electron chi connectivity index (χ3n) is 4.34. The highest BCUT2D eigenvalue weighted by molar-refractivity contribution is 5.15. The van der Waals surface area contributed by atoms with Crippen LogP contribution in [0.15, 0.2) is 30.3 Å². The second-order valence-electron chi connectivity index (χ2n) is 6.58. The van der Waals surface area contributed by atoms with E-state index in [1.165, 1.54) is 24.8 Å². The zero-order valence-corrected chi connectivity index (χ0v) is 11.5. The van der Waals surface area contributed by atoms with Gasteiger partial charge in [-0.2, -0.15) is 0 Å². The molecule has 2 unspecified atom stereocenters. The van der Waals surface area contributed by atoms with Crippen molar-refractivity contribution in [3.05, 3.63) is 35.9 Å². The Hall–Kier alpha value is -0.860. The van der Waals surface area contributed by atoms with E-state index in [1.807, 2.05) is 0 Å². The minimum Gasteiger partial charge on any atom is -0.308 e. The van der Waals surface area contributed by atoms with E-state index in [9.17, 15) is 0 Å². The van der Waals surface area contributed by atoms with Crippen LogP contribution in [0.1, 0.15) is 38.7 Å². The topological polar surface area (TPSA) is 15.3 Å². The molecule has 0 amide bonds. The molecule has 1 aromatic rings. The number of hydrogen-bond donors (Lipinski definition) is 1. The molecule has 1 saturated carbocycles. The van der Waals surface area contributed by atoms with E-state index in [2.05, 4.69) is 54.4 Å². The van der Waals surface area contributed by atoms with Crippen LogP contribution in [0.25, 0.3) is 0 Å². The molecule has 2 heteroatoms. The normalized spacial score (nSPS) is 31.2. The van der Waals surface area contributed by atoms with E-state index in [0.29, 0.717) is 0 Å². The van der Waals surface area contributed by atoms with Crippen LogP contribution < -0.4 is 5.32 Å². The van der Waals surface area contributed by atoms with Crippen molar-refractivity contribution in [2.75, 3.05) is 6.54 Å². The Morgan fingerprint density at radius 3 is 2.78 bits per heavy atom. The summed E-state index contributed by atoms with van der Waals surface area (Å²) >= 11 is 0. The lowest BCUT2D eigenvalue weighted by Crippen LogP contribution is -2.51. The van der Waals surface area contributed by atoms with Crippen LogP contribution in [-0.4, -0.2) is 29.1 Å². The lowest BCUT2D eigenvalue weighted by Gasteiger charge is -2.36. The predicted molar refractivity (Wildman–Crippen MR) is 75.5 cm³/mol. The Morgan fingerprint density at radius 1 is 1.22 bits per heavy atom. The van der Waals surface area contributed by atoms with Gasteiger partial charge in [0.05, 0.1) is 0 Å². The molecule has 2 aliphatic rings. The SMILES string of the molecule is CC1(C)CN(Cc2ccccc2)C2CCC(C2)N1. The second kappa shape index (κ2) is 4.67. The van der Waals surface area contributed by atoms with Crippen LogP contribution in [-0.2, 0) is 6.54 Å². The number of benzene rings is 1. The summed E-state index contributed by atoms with van der Waals surface area (Å²) in [5.74, 6) is 0. The van der Waals surface area contributed by atoms with Gasteiger partial charge in [0.25, 0.3) is 0 Å². The molecule has 2 bridgehead atoms. The van der Waals surface area contributed by atoms with Crippen molar-refractivity contribution in [1.82, 2.24) is 10.2 Å². The van der Waals surface area contributed by atoms with E-state index >= 15 is 0 Å². The maximum Gasteiger partial charge on any atom is 0.0254 e. The van der Waals surface area contributed by atoms with Gasteiger partial charge >= 0.3 is 0 Å². The lowest BCUT2D eigenvalue weighted by atomic mass is 10.0. The summed E-state index contributed by atoms with van der Waals surface area (Å²) in [7, 11) is 0. The molecule has 18 heavy (non-hydrogen) atoms. The summed E-state index contributed by atoms with van der Waals surface area (Å²) in [5, 5.41) is 3.82. The molecule has 2 fully saturated rings. The van der Waals surface area contributed by atoms with Crippen molar-refractivity contribution in [1.29, 1.82) is 0 Å². The maximum absolute atomic E-state index is 3.82. The molecule has 0 spiro atoms. The summed E-state index contributed by atoms with van der Waals surface area (Å²) in [6.45, 7) is 6.93. The highest BCUT2D eigenvalue weighted by Gasteiger charge is 2.38. The largest absolute Gasteiger partial charge is 0.308 e. The number of rotatable bonds is 2. The molecule has 1 aliphatic carbocycles. The Labute approximate surface area is 110 Å². The van der Waals surface area contributed by atoms with Gasteiger partial charge in [-0.1, -0.05) is 30.3 Å². The molecular formula is C16H24N2. The molecule has 1 heterocycles. The first-order valence-corrected chi connectivity index (χ1v) is 7.18. The fourth-order valence-electron chi connectivity index (χ4n) is 3.66. The van der Waals surface area contributed by atoms with Crippen molar-refractivity contribution in [3.63, 3.8) is 0 Å². The Morgan fingerprint density at radius 2 is 2.00 bits per heavy atom. The second-order valence-corrected chi connectivity index (χ2v) is 6.58. The number of nitrogens with one attached hydrogen (secondary N) is 1. The van der Waals surface area contributed by atoms with Crippen LogP contribution in [0.4, 0.5) is 0 Å². The molecule has 1 saturated heterocycles. The Bertz CT molecular complexity index is 399. The van der Waals surface area contributed by atoms with Crippen LogP contribution in [0.2, 0.25) is 0 Å². The van der Waals surface area contributed by atoms with E-state index in [-0.39, 0.29) is 5.54 Å². The van der Waals surface area contributed by atoms with Gasteiger partial charge in [-0.25, -0.2) is 0 Å². The standard InChI is InChI=1S/C16H24N2/c1-16(2)12-18(11-13-6-4-3-5-7-13)15-9-8-14(10-15)17-16/h3-7,14-15,17H,8-12H2,1-2H3. The Kier molecular flexibility index (Phi) is 3.16. The van der Waals surface area contributed by atoms with E-state index in [0.717, 1.165) is 25.2 Å². The lowest BCUT2D eigenvalue weighted by molar-refractivity contribution is 0.154. The number of hydrogen-bond acceptors (Lipinski definition) is 2. The minimum atomic E-state index is 0.245. The highest BCUT2D eigenvalue weighted by atomic mass is 15.2. The van der Waals surface area contributed by atoms with Crippen molar-refractivity contribution in [2.45, 2.75) is 57.3 Å². The number of nitrogens with zero attached hydrogens (tertiary/aromatic N) is 1. The van der Waals surface area contributed by atoms with Gasteiger partial charge in [-0.05, 0) is 38.7 Å². The quantitative estimate of drug-likeness (QED) is 0.860. The van der Waals surface area contributed by atoms with Gasteiger partial charge in [0.15, 0.2) is 0 Å². The van der Waals surface area contributed by atoms with E-state index < -0.39 is 0 Å². The monoisotopic (exact) mass is 244 g/mol. The number of fused-ring (bicyclic) bond motifs is 2. The van der Waals surface area contributed by atoms with Crippen molar-refractivity contribution in [3.8, 4) is 0 Å². The van der Waals surface area contributed by atoms with E-state index in [1.54, 1.807) is 0 Å². The molecule has 1 aromatic carbocycles. The van der Waals surface area contributed by atoms with Gasteiger partial charge in [0, 0.05) is 30.7 Å². The first-order chi connectivity index (χ1) is 8.62. The zero-order chi connectivity index (χ0) is 12.6. The molecule has 2 nitrogen and oxygen atoms in total. The van der Waals surface area contributed by atoms with Crippen LogP contribution in [0.5, 0.6) is 0 Å². The average Bonchev–Trinajstić information content (AvgIpc) is 2.71. The molecular weight excluding hydrogens is 220 g/mol. The van der Waals surface area contributed by atoms with Gasteiger partial charge in [-0.3, -0.25) is 4.90 Å². The summed E-state index contributed by atoms with van der Waals surface area (Å²) in [4.78, 5) is 2.69. The van der Waals surface area contributed by atoms with Crippen LogP contribution in [0, 0.1) is 0 Å². The smallest absolute Gasteiger partial charge is 0.0254 e. The fourth-order valence-corrected chi connectivity index (χ4v) is 3.66. The average molecular weight is 244 g/mol. The molecule has 0 aromatic heterocycles. The predicted octanol–water partition coefficient (Wildman–Crippen LogP) is 2.79. The van der Waals surface area contributed by atoms with Crippen LogP contribution >= 0.6 is 0 Å². The Balaban J connectivity index is 1.77. The van der Waals surface area contributed by atoms with Crippen molar-refractivity contribution >= 4 is 0 Å². The van der Waals surface area contributed by atoms with Gasteiger partial charge in [-0.15, -0.1) is 0 Å². The molecule has 0 radical (unpaired) electrons. The fraction of sp³-hybridized carbons (Fsp3) is 0.625. The first-order valence-electron chi connectivity index (χ1n) is 7.18. The van der Waals surface area contributed by atoms with Gasteiger partial charge < -0.3 is 5.32 Å². The summed E-state index contributed by atoms with van der Waals surface area (Å²) < 4.78 is 0. The third kappa shape index (κ3) is 2.60. The first kappa shape index (κ1) is 12.2. The summed E-state index contributed by atoms with van der Waals surface area (Å²) in [6.07, 6.45) is 4.04. The third-order valence-corrected chi connectivity index (χ3v) is 4.34. The van der Waals surface area contributed by atoms with Crippen molar-refractivity contribution < 1.29 is 0 Å². The molecule has 98 valence electrons. The molecule has 1 aliphatic heterocycles. The summed E-state index contributed by atoms with van der Waals surface area (Å²) in [6, 6.07) is 12.4. The maximum atomic E-state index is 3.82.